The van der Waals surface area contributed by atoms with Crippen LogP contribution in [0.4, 0.5) is 0 Å². The molecule has 1 aliphatic heterocycles. The Bertz CT molecular complexity index is 264. The van der Waals surface area contributed by atoms with Gasteiger partial charge in [-0.15, -0.1) is 0 Å². The van der Waals surface area contributed by atoms with Crippen molar-refractivity contribution in [2.75, 3.05) is 13.6 Å². The number of hydrogen-bond acceptors (Lipinski definition) is 1. The molecule has 13 heavy (non-hydrogen) atoms. The zero-order valence-electron chi connectivity index (χ0n) is 8.46. The molecule has 0 saturated carbocycles. The van der Waals surface area contributed by atoms with E-state index in [1.54, 1.807) is 5.56 Å². The van der Waals surface area contributed by atoms with Gasteiger partial charge in [0, 0.05) is 13.1 Å². The van der Waals surface area contributed by atoms with Gasteiger partial charge < -0.3 is 4.90 Å². The first-order chi connectivity index (χ1) is 6.25. The van der Waals surface area contributed by atoms with E-state index >= 15 is 0 Å². The van der Waals surface area contributed by atoms with E-state index in [1.165, 1.54) is 18.5 Å². The summed E-state index contributed by atoms with van der Waals surface area (Å²) in [5, 5.41) is 0. The smallest absolute Gasteiger partial charge is 0.0233 e. The van der Waals surface area contributed by atoms with Crippen LogP contribution in [0.2, 0.25) is 0 Å². The zero-order valence-corrected chi connectivity index (χ0v) is 8.46. The summed E-state index contributed by atoms with van der Waals surface area (Å²) in [4.78, 5) is 2.41. The van der Waals surface area contributed by atoms with E-state index < -0.39 is 0 Å². The largest absolute Gasteiger partial charge is 0.302 e. The van der Waals surface area contributed by atoms with Gasteiger partial charge in [0.25, 0.3) is 0 Å². The van der Waals surface area contributed by atoms with Gasteiger partial charge >= 0.3 is 0 Å². The fraction of sp³-hybridized carbons (Fsp3) is 0.500. The lowest BCUT2D eigenvalue weighted by molar-refractivity contribution is 0.291. The number of benzene rings is 1. The third-order valence-electron chi connectivity index (χ3n) is 2.75. The predicted octanol–water partition coefficient (Wildman–Crippen LogP) is 2.31. The van der Waals surface area contributed by atoms with Crippen LogP contribution >= 0.6 is 0 Å². The maximum atomic E-state index is 2.41. The highest BCUT2D eigenvalue weighted by Crippen LogP contribution is 2.20. The second-order valence-corrected chi connectivity index (χ2v) is 4.27. The molecule has 0 saturated heterocycles. The first-order valence-corrected chi connectivity index (χ1v) is 5.01. The Hall–Kier alpha value is -0.820. The lowest BCUT2D eigenvalue weighted by atomic mass is 9.99. The minimum absolute atomic E-state index is 0.786. The van der Waals surface area contributed by atoms with E-state index in [9.17, 15) is 0 Å². The Morgan fingerprint density at radius 1 is 1.23 bits per heavy atom. The van der Waals surface area contributed by atoms with Crippen molar-refractivity contribution in [1.82, 2.24) is 4.90 Å². The third-order valence-corrected chi connectivity index (χ3v) is 2.75. The summed E-state index contributed by atoms with van der Waals surface area (Å²) in [5.74, 6) is 0.786. The average Bonchev–Trinajstić information content (AvgIpc) is 2.20. The van der Waals surface area contributed by atoms with Crippen LogP contribution in [0.3, 0.4) is 0 Å². The number of fused-ring (bicyclic) bond motifs is 1. The lowest BCUT2D eigenvalue weighted by Crippen LogP contribution is -2.21. The highest BCUT2D eigenvalue weighted by molar-refractivity contribution is 5.28. The van der Waals surface area contributed by atoms with Crippen molar-refractivity contribution in [1.29, 1.82) is 0 Å². The van der Waals surface area contributed by atoms with Gasteiger partial charge in [-0.05, 0) is 30.5 Å². The molecule has 1 aromatic rings. The summed E-state index contributed by atoms with van der Waals surface area (Å²) in [6, 6.07) is 8.81. The van der Waals surface area contributed by atoms with Crippen molar-refractivity contribution in [3.05, 3.63) is 35.4 Å². The quantitative estimate of drug-likeness (QED) is 0.585. The molecule has 0 spiro atoms. The van der Waals surface area contributed by atoms with Gasteiger partial charge in [0.2, 0.25) is 0 Å². The lowest BCUT2D eigenvalue weighted by Gasteiger charge is -2.15. The van der Waals surface area contributed by atoms with Crippen molar-refractivity contribution in [2.24, 2.45) is 5.92 Å². The monoisotopic (exact) mass is 175 g/mol. The van der Waals surface area contributed by atoms with Crippen LogP contribution in [0, 0.1) is 5.92 Å². The summed E-state index contributed by atoms with van der Waals surface area (Å²) in [6.45, 7) is 4.66. The molecular weight excluding hydrogens is 158 g/mol. The minimum atomic E-state index is 0.786. The van der Waals surface area contributed by atoms with Crippen LogP contribution in [-0.2, 0) is 13.0 Å². The molecule has 1 heteroatoms. The van der Waals surface area contributed by atoms with Crippen molar-refractivity contribution >= 4 is 0 Å². The normalized spacial score (nSPS) is 23.7. The van der Waals surface area contributed by atoms with Crippen molar-refractivity contribution in [2.45, 2.75) is 19.9 Å². The van der Waals surface area contributed by atoms with Crippen LogP contribution in [0.5, 0.6) is 0 Å². The molecule has 0 bridgehead atoms. The van der Waals surface area contributed by atoms with E-state index in [2.05, 4.69) is 43.1 Å². The minimum Gasteiger partial charge on any atom is -0.302 e. The van der Waals surface area contributed by atoms with E-state index in [-0.39, 0.29) is 0 Å². The Morgan fingerprint density at radius 3 is 2.69 bits per heavy atom. The predicted molar refractivity (Wildman–Crippen MR) is 55.6 cm³/mol. The Balaban J connectivity index is 2.32. The van der Waals surface area contributed by atoms with E-state index in [4.69, 9.17) is 0 Å². The van der Waals surface area contributed by atoms with Crippen LogP contribution in [0.1, 0.15) is 18.1 Å². The Labute approximate surface area is 80.4 Å². The second kappa shape index (κ2) is 3.51. The molecule has 1 aromatic carbocycles. The molecule has 1 aliphatic rings. The molecule has 0 amide bonds. The zero-order chi connectivity index (χ0) is 9.26. The molecule has 0 aliphatic carbocycles. The van der Waals surface area contributed by atoms with Gasteiger partial charge in [0.15, 0.2) is 0 Å². The van der Waals surface area contributed by atoms with E-state index in [0.717, 1.165) is 12.5 Å². The molecule has 2 rings (SSSR count). The average molecular weight is 175 g/mol. The summed E-state index contributed by atoms with van der Waals surface area (Å²) >= 11 is 0. The summed E-state index contributed by atoms with van der Waals surface area (Å²) in [6.07, 6.45) is 1.24. The van der Waals surface area contributed by atoms with Crippen molar-refractivity contribution in [3.63, 3.8) is 0 Å². The molecular formula is C12H17N. The summed E-state index contributed by atoms with van der Waals surface area (Å²) in [5.41, 5.74) is 3.05. The maximum Gasteiger partial charge on any atom is 0.0233 e. The molecule has 1 heterocycles. The number of hydrogen-bond donors (Lipinski definition) is 0. The standard InChI is InChI=1S/C12H17N/c1-10-7-11-5-3-4-6-12(11)9-13(2)8-10/h3-6,10H,7-9H2,1-2H3/t10-/m1/s1. The Kier molecular flexibility index (Phi) is 2.36. The topological polar surface area (TPSA) is 3.24 Å². The number of nitrogens with zero attached hydrogens (tertiary/aromatic N) is 1. The SMILES string of the molecule is C[C@@H]1Cc2ccccc2CN(C)C1. The van der Waals surface area contributed by atoms with Crippen LogP contribution < -0.4 is 0 Å². The molecule has 0 fully saturated rings. The van der Waals surface area contributed by atoms with Crippen LogP contribution in [-0.4, -0.2) is 18.5 Å². The molecule has 70 valence electrons. The third kappa shape index (κ3) is 1.92. The summed E-state index contributed by atoms with van der Waals surface area (Å²) in [7, 11) is 2.21. The fourth-order valence-corrected chi connectivity index (χ4v) is 2.24. The van der Waals surface area contributed by atoms with Crippen molar-refractivity contribution in [3.8, 4) is 0 Å². The first kappa shape index (κ1) is 8.76. The Morgan fingerprint density at radius 2 is 1.92 bits per heavy atom. The van der Waals surface area contributed by atoms with Crippen LogP contribution in [0.15, 0.2) is 24.3 Å². The van der Waals surface area contributed by atoms with Gasteiger partial charge in [-0.25, -0.2) is 0 Å². The number of rotatable bonds is 0. The molecule has 0 N–H and O–H groups in total. The van der Waals surface area contributed by atoms with Gasteiger partial charge in [0.1, 0.15) is 0 Å². The van der Waals surface area contributed by atoms with Gasteiger partial charge in [-0.2, -0.15) is 0 Å². The van der Waals surface area contributed by atoms with Gasteiger partial charge in [-0.3, -0.25) is 0 Å². The second-order valence-electron chi connectivity index (χ2n) is 4.27. The van der Waals surface area contributed by atoms with E-state index in [0.29, 0.717) is 0 Å². The molecule has 1 nitrogen and oxygen atoms in total. The summed E-state index contributed by atoms with van der Waals surface area (Å²) < 4.78 is 0. The van der Waals surface area contributed by atoms with Gasteiger partial charge in [-0.1, -0.05) is 31.2 Å². The fourth-order valence-electron chi connectivity index (χ4n) is 2.24. The van der Waals surface area contributed by atoms with Gasteiger partial charge in [0.05, 0.1) is 0 Å². The molecule has 0 radical (unpaired) electrons. The molecule has 1 atom stereocenters. The maximum absolute atomic E-state index is 2.41. The highest BCUT2D eigenvalue weighted by atomic mass is 15.1. The molecule has 0 unspecified atom stereocenters. The van der Waals surface area contributed by atoms with Crippen molar-refractivity contribution < 1.29 is 0 Å². The van der Waals surface area contributed by atoms with Crippen LogP contribution in [0.25, 0.3) is 0 Å². The first-order valence-electron chi connectivity index (χ1n) is 5.01. The highest BCUT2D eigenvalue weighted by Gasteiger charge is 2.15. The molecule has 0 aromatic heterocycles. The van der Waals surface area contributed by atoms with E-state index in [1.807, 2.05) is 0 Å².